The van der Waals surface area contributed by atoms with E-state index >= 15 is 0 Å². The summed E-state index contributed by atoms with van der Waals surface area (Å²) in [6.07, 6.45) is 3.94. The smallest absolute Gasteiger partial charge is 0.251 e. The minimum absolute atomic E-state index is 0.0955. The topological polar surface area (TPSA) is 75.6 Å². The summed E-state index contributed by atoms with van der Waals surface area (Å²) in [5, 5.41) is 2.92. The fraction of sp³-hybridized carbons (Fsp3) is 0.304. The van der Waals surface area contributed by atoms with E-state index in [-0.39, 0.29) is 17.6 Å². The van der Waals surface area contributed by atoms with Crippen LogP contribution in [0.2, 0.25) is 0 Å². The van der Waals surface area contributed by atoms with Gasteiger partial charge in [0.15, 0.2) is 0 Å². The Bertz CT molecular complexity index is 1090. The number of carbonyl (C=O) groups is 1. The Hall–Kier alpha value is -3.12. The molecule has 3 heterocycles. The highest BCUT2D eigenvalue weighted by atomic mass is 16.5. The van der Waals surface area contributed by atoms with Crippen LogP contribution in [0.4, 0.5) is 0 Å². The Morgan fingerprint density at radius 2 is 2.14 bits per heavy atom. The van der Waals surface area contributed by atoms with E-state index in [1.165, 1.54) is 0 Å². The molecular formula is C23H27N3O3. The summed E-state index contributed by atoms with van der Waals surface area (Å²) < 4.78 is 7.77. The molecule has 0 radical (unpaired) electrons. The normalized spacial score (nSPS) is 12.1. The van der Waals surface area contributed by atoms with Gasteiger partial charge in [-0.3, -0.25) is 9.59 Å². The molecule has 152 valence electrons. The predicted molar refractivity (Wildman–Crippen MR) is 115 cm³/mol. The lowest BCUT2D eigenvalue weighted by atomic mass is 10.1. The van der Waals surface area contributed by atoms with Crippen molar-refractivity contribution in [3.05, 3.63) is 87.6 Å². The molecule has 1 atom stereocenters. The molecule has 3 rings (SSSR count). The van der Waals surface area contributed by atoms with Gasteiger partial charge >= 0.3 is 0 Å². The lowest BCUT2D eigenvalue weighted by Gasteiger charge is -2.16. The molecule has 29 heavy (non-hydrogen) atoms. The Morgan fingerprint density at radius 3 is 2.86 bits per heavy atom. The van der Waals surface area contributed by atoms with E-state index in [9.17, 15) is 9.59 Å². The first-order valence-electron chi connectivity index (χ1n) is 9.72. The highest BCUT2D eigenvalue weighted by Gasteiger charge is 2.15. The molecular weight excluding hydrogens is 366 g/mol. The fourth-order valence-electron chi connectivity index (χ4n) is 3.51. The fourth-order valence-corrected chi connectivity index (χ4v) is 3.51. The maximum absolute atomic E-state index is 12.7. The minimum Gasteiger partial charge on any atom is -0.368 e. The van der Waals surface area contributed by atoms with E-state index < -0.39 is 0 Å². The first kappa shape index (κ1) is 20.6. The zero-order valence-corrected chi connectivity index (χ0v) is 17.1. The number of aromatic nitrogens is 2. The minimum atomic E-state index is -0.190. The monoisotopic (exact) mass is 393 g/mol. The number of fused-ring (bicyclic) bond motifs is 1. The third-order valence-corrected chi connectivity index (χ3v) is 4.96. The van der Waals surface area contributed by atoms with E-state index in [4.69, 9.17) is 4.74 Å². The third kappa shape index (κ3) is 4.66. The van der Waals surface area contributed by atoms with Crippen LogP contribution in [0.1, 0.15) is 45.9 Å². The quantitative estimate of drug-likeness (QED) is 0.575. The maximum Gasteiger partial charge on any atom is 0.251 e. The highest BCUT2D eigenvalue weighted by Crippen LogP contribution is 2.21. The number of nitrogens with one attached hydrogen (secondary N) is 2. The third-order valence-electron chi connectivity index (χ3n) is 4.96. The van der Waals surface area contributed by atoms with Crippen molar-refractivity contribution in [1.82, 2.24) is 14.7 Å². The number of H-pyrrole nitrogens is 1. The number of pyridine rings is 2. The number of nitrogens with zero attached hydrogens (tertiary/aromatic N) is 1. The zero-order valence-electron chi connectivity index (χ0n) is 17.1. The number of aromatic amines is 1. The molecule has 0 aliphatic rings. The number of aryl methyl sites for hydroxylation is 2. The van der Waals surface area contributed by atoms with E-state index in [1.54, 1.807) is 6.08 Å². The average Bonchev–Trinajstić information content (AvgIpc) is 3.15. The van der Waals surface area contributed by atoms with Crippen molar-refractivity contribution in [3.8, 4) is 0 Å². The van der Waals surface area contributed by atoms with Crippen molar-refractivity contribution in [1.29, 1.82) is 0 Å². The second-order valence-electron chi connectivity index (χ2n) is 7.19. The number of ether oxygens (including phenoxy) is 1. The molecule has 6 nitrogen and oxygen atoms in total. The van der Waals surface area contributed by atoms with E-state index in [1.807, 2.05) is 61.7 Å². The standard InChI is InChI=1S/C23H27N3O3/c1-5-11-29-17(4)21-14-18(13-19-7-6-10-26(19)21)22(27)24-9-8-20-15(2)12-16(3)25-23(20)28/h5-7,10,12-14,17H,1,8-9,11H2,2-4H3,(H,24,27)(H,25,28). The van der Waals surface area contributed by atoms with Gasteiger partial charge in [0.2, 0.25) is 0 Å². The first-order valence-corrected chi connectivity index (χ1v) is 9.72. The van der Waals surface area contributed by atoms with Crippen molar-refractivity contribution in [2.45, 2.75) is 33.3 Å². The van der Waals surface area contributed by atoms with Gasteiger partial charge in [0, 0.05) is 35.1 Å². The van der Waals surface area contributed by atoms with Crippen LogP contribution < -0.4 is 10.9 Å². The molecule has 3 aromatic rings. The molecule has 0 aromatic carbocycles. The van der Waals surface area contributed by atoms with Crippen LogP contribution in [0.15, 0.2) is 54.0 Å². The van der Waals surface area contributed by atoms with Crippen LogP contribution in [-0.4, -0.2) is 28.4 Å². The molecule has 0 spiro atoms. The highest BCUT2D eigenvalue weighted by molar-refractivity contribution is 5.95. The summed E-state index contributed by atoms with van der Waals surface area (Å²) in [7, 11) is 0. The van der Waals surface area contributed by atoms with Crippen LogP contribution in [0, 0.1) is 13.8 Å². The second kappa shape index (κ2) is 8.92. The summed E-state index contributed by atoms with van der Waals surface area (Å²) in [5.74, 6) is -0.174. The second-order valence-corrected chi connectivity index (χ2v) is 7.19. The number of amides is 1. The van der Waals surface area contributed by atoms with Gasteiger partial charge in [-0.2, -0.15) is 0 Å². The summed E-state index contributed by atoms with van der Waals surface area (Å²) >= 11 is 0. The summed E-state index contributed by atoms with van der Waals surface area (Å²) in [6, 6.07) is 9.53. The lowest BCUT2D eigenvalue weighted by Crippen LogP contribution is -2.28. The van der Waals surface area contributed by atoms with Crippen LogP contribution in [0.5, 0.6) is 0 Å². The molecule has 6 heteroatoms. The van der Waals surface area contributed by atoms with Gasteiger partial charge in [-0.25, -0.2) is 0 Å². The zero-order chi connectivity index (χ0) is 21.0. The number of hydrogen-bond donors (Lipinski definition) is 2. The Kier molecular flexibility index (Phi) is 6.34. The summed E-state index contributed by atoms with van der Waals surface area (Å²) in [4.78, 5) is 27.7. The molecule has 1 unspecified atom stereocenters. The van der Waals surface area contributed by atoms with Crippen molar-refractivity contribution in [3.63, 3.8) is 0 Å². The molecule has 0 aliphatic heterocycles. The van der Waals surface area contributed by atoms with Gasteiger partial charge < -0.3 is 19.4 Å². The van der Waals surface area contributed by atoms with E-state index in [2.05, 4.69) is 16.9 Å². The SMILES string of the molecule is C=CCOC(C)c1cc(C(=O)NCCc2c(C)cc(C)[nH]c2=O)cc2cccn12. The predicted octanol–water partition coefficient (Wildman–Crippen LogP) is 3.48. The van der Waals surface area contributed by atoms with Gasteiger partial charge in [0.05, 0.1) is 18.4 Å². The maximum atomic E-state index is 12.7. The van der Waals surface area contributed by atoms with E-state index in [0.717, 1.165) is 22.5 Å². The average molecular weight is 393 g/mol. The molecule has 0 saturated carbocycles. The van der Waals surface area contributed by atoms with Crippen LogP contribution in [-0.2, 0) is 11.2 Å². The van der Waals surface area contributed by atoms with Gasteiger partial charge in [0.1, 0.15) is 0 Å². The molecule has 0 saturated heterocycles. The Balaban J connectivity index is 1.75. The van der Waals surface area contributed by atoms with Crippen molar-refractivity contribution < 1.29 is 9.53 Å². The number of rotatable bonds is 8. The Morgan fingerprint density at radius 1 is 1.34 bits per heavy atom. The molecule has 2 N–H and O–H groups in total. The number of hydrogen-bond acceptors (Lipinski definition) is 3. The van der Waals surface area contributed by atoms with Gasteiger partial charge in [-0.15, -0.1) is 6.58 Å². The van der Waals surface area contributed by atoms with Crippen LogP contribution >= 0.6 is 0 Å². The molecule has 0 fully saturated rings. The first-order chi connectivity index (χ1) is 13.9. The van der Waals surface area contributed by atoms with Gasteiger partial charge in [0.25, 0.3) is 11.5 Å². The van der Waals surface area contributed by atoms with Crippen LogP contribution in [0.25, 0.3) is 5.52 Å². The largest absolute Gasteiger partial charge is 0.368 e. The van der Waals surface area contributed by atoms with Crippen LogP contribution in [0.3, 0.4) is 0 Å². The molecule has 3 aromatic heterocycles. The summed E-state index contributed by atoms with van der Waals surface area (Å²) in [6.45, 7) is 10.2. The van der Waals surface area contributed by atoms with Crippen molar-refractivity contribution in [2.75, 3.05) is 13.2 Å². The van der Waals surface area contributed by atoms with Crippen molar-refractivity contribution in [2.24, 2.45) is 0 Å². The molecule has 1 amide bonds. The molecule has 0 aliphatic carbocycles. The summed E-state index contributed by atoms with van der Waals surface area (Å²) in [5.41, 5.74) is 4.76. The van der Waals surface area contributed by atoms with Gasteiger partial charge in [-0.05, 0) is 63.1 Å². The Labute approximate surface area is 170 Å². The molecule has 0 bridgehead atoms. The number of carbonyl (C=O) groups excluding carboxylic acids is 1. The van der Waals surface area contributed by atoms with Gasteiger partial charge in [-0.1, -0.05) is 6.08 Å². The lowest BCUT2D eigenvalue weighted by molar-refractivity contribution is 0.0844. The van der Waals surface area contributed by atoms with E-state index in [0.29, 0.717) is 30.7 Å². The van der Waals surface area contributed by atoms with Crippen molar-refractivity contribution >= 4 is 11.4 Å².